The van der Waals surface area contributed by atoms with Crippen LogP contribution in [0.5, 0.6) is 0 Å². The third-order valence-electron chi connectivity index (χ3n) is 0. The van der Waals surface area contributed by atoms with Crippen molar-refractivity contribution in [1.29, 1.82) is 0 Å². The third-order valence-corrected chi connectivity index (χ3v) is 0. The zero-order valence-electron chi connectivity index (χ0n) is 2.41. The van der Waals surface area contributed by atoms with Crippen LogP contribution in [0.1, 0.15) is 8.56 Å². The molecule has 0 aromatic rings. The Morgan fingerprint density at radius 2 is 1.00 bits per heavy atom. The minimum atomic E-state index is 0. The average molecular weight is 278 g/mol. The van der Waals surface area contributed by atoms with Crippen molar-refractivity contribution in [2.24, 2.45) is 0 Å². The van der Waals surface area contributed by atoms with Gasteiger partial charge in [0, 0.05) is 56.4 Å². The predicted molar refractivity (Wildman–Crippen MR) is 35.4 cm³/mol. The van der Waals surface area contributed by atoms with Crippen molar-refractivity contribution in [3.8, 4) is 0 Å². The molecule has 2 heteroatoms. The quantitative estimate of drug-likeness (QED) is 0.465. The summed E-state index contributed by atoms with van der Waals surface area (Å²) in [6, 6.07) is 0. The van der Waals surface area contributed by atoms with E-state index < -0.39 is 0 Å². The minimum absolute atomic E-state index is 0. The van der Waals surface area contributed by atoms with Gasteiger partial charge in [-0.1, -0.05) is 0 Å². The molecule has 0 aliphatic rings. The summed E-state index contributed by atoms with van der Waals surface area (Å²) in [7, 11) is 0. The van der Waals surface area contributed by atoms with Gasteiger partial charge < -0.3 is 0 Å². The third kappa shape index (κ3) is 10.2. The maximum absolute atomic E-state index is 3.00. The van der Waals surface area contributed by atoms with Gasteiger partial charge in [0.2, 0.25) is 0 Å². The summed E-state index contributed by atoms with van der Waals surface area (Å²) in [6.07, 6.45) is 0. The number of hydrogen-bond donors (Lipinski definition) is 0. The van der Waals surface area contributed by atoms with Crippen molar-refractivity contribution < 1.29 is 8.56 Å². The van der Waals surface area contributed by atoms with Crippen LogP contribution in [0.3, 0.4) is 0 Å². The van der Waals surface area contributed by atoms with E-state index >= 15 is 0 Å². The normalized spacial score (nSPS) is 1.00. The molecule has 0 unspecified atom stereocenters. The van der Waals surface area contributed by atoms with Crippen LogP contribution in [-0.4, -0.2) is 47.8 Å². The van der Waals surface area contributed by atoms with Crippen molar-refractivity contribution >= 4 is 47.8 Å². The van der Waals surface area contributed by atoms with Gasteiger partial charge in [-0.05, 0) is 0 Å². The summed E-state index contributed by atoms with van der Waals surface area (Å²) in [5.74, 6) is 0. The van der Waals surface area contributed by atoms with E-state index in [4.69, 9.17) is 0 Å². The van der Waals surface area contributed by atoms with E-state index in [1.54, 1.807) is 0 Å². The molecule has 8 radical (unpaired) electrons. The summed E-state index contributed by atoms with van der Waals surface area (Å²) in [4.78, 5) is 0. The molecule has 0 amide bonds. The van der Waals surface area contributed by atoms with Crippen LogP contribution in [0.15, 0.2) is 13.2 Å². The molecule has 0 saturated carbocycles. The van der Waals surface area contributed by atoms with Crippen LogP contribution in [0, 0.1) is 0 Å². The van der Waals surface area contributed by atoms with Gasteiger partial charge >= 0.3 is 0 Å². The van der Waals surface area contributed by atoms with E-state index in [0.29, 0.717) is 0 Å². The topological polar surface area (TPSA) is 0 Å². The molecule has 0 bridgehead atoms. The zero-order chi connectivity index (χ0) is 2.00. The first-order valence-electron chi connectivity index (χ1n) is 0.500. The Hall–Kier alpha value is 1.34. The van der Waals surface area contributed by atoms with Crippen LogP contribution in [0.25, 0.3) is 0 Å². The van der Waals surface area contributed by atoms with E-state index in [0.717, 1.165) is 0 Å². The monoisotopic (exact) mass is 280 g/mol. The molecule has 0 nitrogen and oxygen atoms in total. The van der Waals surface area contributed by atoms with E-state index in [1.165, 1.54) is 0 Å². The fourth-order valence-corrected chi connectivity index (χ4v) is 0. The van der Waals surface area contributed by atoms with Crippen molar-refractivity contribution in [2.75, 3.05) is 0 Å². The molecule has 0 aliphatic carbocycles. The second kappa shape index (κ2) is 27.0. The molecule has 0 aliphatic heterocycles. The Bertz CT molecular complexity index is 13.7. The fraction of sp³-hybridized carbons (Fsp3) is 0. The molecular weight excluding hydrogens is 261 g/mol. The predicted octanol–water partition coefficient (Wildman–Crippen LogP) is 1.52. The molecule has 0 saturated heterocycles. The zero-order valence-corrected chi connectivity index (χ0v) is 8.12. The molecule has 0 rings (SSSR count). The van der Waals surface area contributed by atoms with Gasteiger partial charge in [-0.3, -0.25) is 0 Å². The second-order valence-corrected chi connectivity index (χ2v) is 0. The first-order valence-corrected chi connectivity index (χ1v) is 0.500. The van der Waals surface area contributed by atoms with E-state index in [9.17, 15) is 0 Å². The van der Waals surface area contributed by atoms with Crippen molar-refractivity contribution in [3.05, 3.63) is 13.2 Å². The molecule has 0 N–H and O–H groups in total. The van der Waals surface area contributed by atoms with Gasteiger partial charge in [0.05, 0.1) is 0 Å². The molecular formula is C2H16Sn2. The Labute approximate surface area is 69.5 Å². The van der Waals surface area contributed by atoms with Gasteiger partial charge in [-0.2, -0.15) is 0 Å². The van der Waals surface area contributed by atoms with Crippen LogP contribution >= 0.6 is 0 Å². The van der Waals surface area contributed by atoms with Crippen LogP contribution in [0.4, 0.5) is 0 Å². The molecule has 32 valence electrons. The first-order chi connectivity index (χ1) is 1.00. The van der Waals surface area contributed by atoms with Gasteiger partial charge in [-0.15, -0.1) is 13.2 Å². The Balaban J connectivity index is -0.000000000179. The summed E-state index contributed by atoms with van der Waals surface area (Å²) in [5.41, 5.74) is 0. The van der Waals surface area contributed by atoms with Gasteiger partial charge in [-0.25, -0.2) is 0 Å². The molecule has 0 heterocycles. The minimum Gasteiger partial charge on any atom is -0.106 e. The van der Waals surface area contributed by atoms with E-state index in [2.05, 4.69) is 13.2 Å². The van der Waals surface area contributed by atoms with Crippen molar-refractivity contribution in [2.45, 2.75) is 0 Å². The first kappa shape index (κ1) is 18.4. The summed E-state index contributed by atoms with van der Waals surface area (Å²) >= 11 is 0. The second-order valence-electron chi connectivity index (χ2n) is 0. The van der Waals surface area contributed by atoms with Gasteiger partial charge in [0.15, 0.2) is 0 Å². The molecule has 0 aromatic carbocycles. The van der Waals surface area contributed by atoms with Crippen LogP contribution in [0.2, 0.25) is 0 Å². The maximum atomic E-state index is 3.00. The fourth-order valence-electron chi connectivity index (χ4n) is 0. The van der Waals surface area contributed by atoms with E-state index in [1.807, 2.05) is 0 Å². The van der Waals surface area contributed by atoms with Gasteiger partial charge in [0.1, 0.15) is 0 Å². The summed E-state index contributed by atoms with van der Waals surface area (Å²) in [6.45, 7) is 6.00. The Kier molecular flexibility index (Phi) is 124. The largest absolute Gasteiger partial charge is 0.106 e. The van der Waals surface area contributed by atoms with Gasteiger partial charge in [0.25, 0.3) is 0 Å². The molecule has 0 spiro atoms. The average Bonchev–Trinajstić information content (AvgIpc) is 1.00. The Morgan fingerprint density at radius 3 is 1.00 bits per heavy atom. The maximum Gasteiger partial charge on any atom is 0 e. The Morgan fingerprint density at radius 1 is 1.00 bits per heavy atom. The van der Waals surface area contributed by atoms with E-state index in [-0.39, 0.29) is 56.4 Å². The van der Waals surface area contributed by atoms with Crippen molar-refractivity contribution in [1.82, 2.24) is 0 Å². The standard InChI is InChI=1S/C2H4.2Sn.6H2/c1-2;;;;;;;;/h1-2H2;;;6*1H. The summed E-state index contributed by atoms with van der Waals surface area (Å²) in [5, 5.41) is 0. The molecule has 4 heavy (non-hydrogen) atoms. The molecule has 0 fully saturated rings. The number of rotatable bonds is 0. The van der Waals surface area contributed by atoms with Crippen molar-refractivity contribution in [3.63, 3.8) is 0 Å². The van der Waals surface area contributed by atoms with Crippen LogP contribution in [-0.2, 0) is 0 Å². The molecule has 0 atom stereocenters. The SMILES string of the molecule is C=C.[HH].[HH].[HH].[HH].[HH].[HH].[Sn].[Sn]. The number of hydrogen-bond acceptors (Lipinski definition) is 0. The smallest absolute Gasteiger partial charge is 0 e. The molecule has 0 aromatic heterocycles. The van der Waals surface area contributed by atoms with Crippen LogP contribution < -0.4 is 0 Å². The summed E-state index contributed by atoms with van der Waals surface area (Å²) < 4.78 is 0.